The maximum absolute atomic E-state index is 13.0. The van der Waals surface area contributed by atoms with Crippen LogP contribution >= 0.6 is 11.6 Å². The van der Waals surface area contributed by atoms with E-state index in [2.05, 4.69) is 10.1 Å². The Morgan fingerprint density at radius 3 is 2.38 bits per heavy atom. The van der Waals surface area contributed by atoms with Crippen molar-refractivity contribution in [3.05, 3.63) is 71.1 Å². The minimum Gasteiger partial charge on any atom is -0.337 e. The van der Waals surface area contributed by atoms with E-state index in [9.17, 15) is 4.79 Å². The van der Waals surface area contributed by atoms with Gasteiger partial charge in [0.25, 0.3) is 5.91 Å². The Morgan fingerprint density at radius 2 is 1.73 bits per heavy atom. The van der Waals surface area contributed by atoms with Gasteiger partial charge in [-0.25, -0.2) is 0 Å². The molecule has 3 aromatic rings. The standard InChI is InChI=1S/C20H20ClN3O2/c1-20(2,3)24(19(25)15-11-7-8-12-16(15)21)13-17-22-18(23-26-17)14-9-5-4-6-10-14/h4-12H,13H2,1-3H3. The van der Waals surface area contributed by atoms with Crippen LogP contribution in [0, 0.1) is 0 Å². The first-order valence-corrected chi connectivity index (χ1v) is 8.68. The zero-order valence-corrected chi connectivity index (χ0v) is 15.7. The minimum absolute atomic E-state index is 0.178. The molecule has 1 heterocycles. The van der Waals surface area contributed by atoms with Crippen molar-refractivity contribution in [1.82, 2.24) is 15.0 Å². The number of hydrogen-bond donors (Lipinski definition) is 0. The molecule has 1 aromatic heterocycles. The van der Waals surface area contributed by atoms with Gasteiger partial charge in [0.15, 0.2) is 0 Å². The summed E-state index contributed by atoms with van der Waals surface area (Å²) < 4.78 is 5.37. The van der Waals surface area contributed by atoms with Gasteiger partial charge in [-0.1, -0.05) is 59.2 Å². The van der Waals surface area contributed by atoms with E-state index in [-0.39, 0.29) is 12.5 Å². The molecule has 0 aliphatic heterocycles. The van der Waals surface area contributed by atoms with Gasteiger partial charge < -0.3 is 9.42 Å². The second-order valence-electron chi connectivity index (χ2n) is 6.92. The normalized spacial score (nSPS) is 11.4. The highest BCUT2D eigenvalue weighted by molar-refractivity contribution is 6.33. The highest BCUT2D eigenvalue weighted by Gasteiger charge is 2.30. The quantitative estimate of drug-likeness (QED) is 0.660. The summed E-state index contributed by atoms with van der Waals surface area (Å²) in [6.45, 7) is 6.07. The van der Waals surface area contributed by atoms with E-state index in [1.165, 1.54) is 0 Å². The molecular formula is C20H20ClN3O2. The number of carbonyl (C=O) groups excluding carboxylic acids is 1. The van der Waals surface area contributed by atoms with E-state index in [0.29, 0.717) is 22.3 Å². The van der Waals surface area contributed by atoms with Crippen LogP contribution in [0.5, 0.6) is 0 Å². The molecule has 6 heteroatoms. The van der Waals surface area contributed by atoms with Gasteiger partial charge >= 0.3 is 0 Å². The molecule has 0 unspecified atom stereocenters. The van der Waals surface area contributed by atoms with Crippen molar-refractivity contribution < 1.29 is 9.32 Å². The average Bonchev–Trinajstić information content (AvgIpc) is 3.08. The summed E-state index contributed by atoms with van der Waals surface area (Å²) in [7, 11) is 0. The van der Waals surface area contributed by atoms with Crippen molar-refractivity contribution >= 4 is 17.5 Å². The van der Waals surface area contributed by atoms with E-state index in [0.717, 1.165) is 5.56 Å². The van der Waals surface area contributed by atoms with Crippen molar-refractivity contribution in [1.29, 1.82) is 0 Å². The predicted octanol–water partition coefficient (Wildman–Crippen LogP) is 4.83. The number of rotatable bonds is 4. The first kappa shape index (κ1) is 18.1. The Labute approximate surface area is 157 Å². The molecule has 0 saturated carbocycles. The lowest BCUT2D eigenvalue weighted by Gasteiger charge is -2.34. The molecule has 3 rings (SSSR count). The van der Waals surface area contributed by atoms with Crippen molar-refractivity contribution in [3.63, 3.8) is 0 Å². The van der Waals surface area contributed by atoms with Crippen LogP contribution in [0.15, 0.2) is 59.1 Å². The van der Waals surface area contributed by atoms with Crippen molar-refractivity contribution in [2.24, 2.45) is 0 Å². The van der Waals surface area contributed by atoms with Crippen molar-refractivity contribution in [2.45, 2.75) is 32.9 Å². The van der Waals surface area contributed by atoms with Gasteiger partial charge in [0, 0.05) is 11.1 Å². The van der Waals surface area contributed by atoms with Gasteiger partial charge in [0.1, 0.15) is 6.54 Å². The number of hydrogen-bond acceptors (Lipinski definition) is 4. The molecule has 2 aromatic carbocycles. The van der Waals surface area contributed by atoms with Gasteiger partial charge in [0.05, 0.1) is 10.6 Å². The van der Waals surface area contributed by atoms with Crippen molar-refractivity contribution in [2.75, 3.05) is 0 Å². The lowest BCUT2D eigenvalue weighted by Crippen LogP contribution is -2.45. The fourth-order valence-electron chi connectivity index (χ4n) is 2.55. The molecule has 0 aliphatic rings. The molecular weight excluding hydrogens is 350 g/mol. The SMILES string of the molecule is CC(C)(C)N(Cc1nc(-c2ccccc2)no1)C(=O)c1ccccc1Cl. The van der Waals surface area contributed by atoms with E-state index in [4.69, 9.17) is 16.1 Å². The molecule has 0 aliphatic carbocycles. The monoisotopic (exact) mass is 369 g/mol. The van der Waals surface area contributed by atoms with Crippen LogP contribution in [0.3, 0.4) is 0 Å². The smallest absolute Gasteiger partial charge is 0.256 e. The topological polar surface area (TPSA) is 59.2 Å². The zero-order valence-electron chi connectivity index (χ0n) is 14.9. The third-order valence-corrected chi connectivity index (χ3v) is 4.28. The number of carbonyl (C=O) groups is 1. The lowest BCUT2D eigenvalue weighted by molar-refractivity contribution is 0.0526. The molecule has 134 valence electrons. The zero-order chi connectivity index (χ0) is 18.7. The molecule has 1 amide bonds. The second kappa shape index (κ2) is 7.30. The number of benzene rings is 2. The summed E-state index contributed by atoms with van der Waals surface area (Å²) in [5, 5.41) is 4.44. The third kappa shape index (κ3) is 3.94. The molecule has 0 radical (unpaired) electrons. The van der Waals surface area contributed by atoms with Crippen LogP contribution in [0.4, 0.5) is 0 Å². The van der Waals surface area contributed by atoms with Gasteiger partial charge in [-0.15, -0.1) is 0 Å². The summed E-state index contributed by atoms with van der Waals surface area (Å²) >= 11 is 6.20. The summed E-state index contributed by atoms with van der Waals surface area (Å²) in [6, 6.07) is 16.6. The van der Waals surface area contributed by atoms with E-state index >= 15 is 0 Å². The fraction of sp³-hybridized carbons (Fsp3) is 0.250. The number of aromatic nitrogens is 2. The summed E-state index contributed by atoms with van der Waals surface area (Å²) in [6.07, 6.45) is 0. The van der Waals surface area contributed by atoms with Crippen LogP contribution < -0.4 is 0 Å². The Hall–Kier alpha value is -2.66. The molecule has 0 fully saturated rings. The number of halogens is 1. The summed E-state index contributed by atoms with van der Waals surface area (Å²) in [4.78, 5) is 19.1. The molecule has 0 bridgehead atoms. The lowest BCUT2D eigenvalue weighted by atomic mass is 10.0. The van der Waals surface area contributed by atoms with Crippen LogP contribution in [-0.2, 0) is 6.54 Å². The summed E-state index contributed by atoms with van der Waals surface area (Å²) in [5.41, 5.74) is 0.867. The number of nitrogens with zero attached hydrogens (tertiary/aromatic N) is 3. The highest BCUT2D eigenvalue weighted by Crippen LogP contribution is 2.25. The minimum atomic E-state index is -0.447. The van der Waals surface area contributed by atoms with Crippen LogP contribution in [-0.4, -0.2) is 26.5 Å². The maximum atomic E-state index is 13.0. The van der Waals surface area contributed by atoms with Crippen LogP contribution in [0.2, 0.25) is 5.02 Å². The maximum Gasteiger partial charge on any atom is 0.256 e. The van der Waals surface area contributed by atoms with Gasteiger partial charge in [-0.2, -0.15) is 4.98 Å². The molecule has 0 N–H and O–H groups in total. The molecule has 26 heavy (non-hydrogen) atoms. The van der Waals surface area contributed by atoms with E-state index in [1.54, 1.807) is 29.2 Å². The van der Waals surface area contributed by atoms with Crippen LogP contribution in [0.25, 0.3) is 11.4 Å². The summed E-state index contributed by atoms with van der Waals surface area (Å²) in [5.74, 6) is 0.696. The fourth-order valence-corrected chi connectivity index (χ4v) is 2.77. The van der Waals surface area contributed by atoms with Gasteiger partial charge in [0.2, 0.25) is 11.7 Å². The van der Waals surface area contributed by atoms with Gasteiger partial charge in [-0.05, 0) is 32.9 Å². The Bertz CT molecular complexity index is 901. The Kier molecular flexibility index (Phi) is 5.09. The molecule has 0 spiro atoms. The third-order valence-electron chi connectivity index (χ3n) is 3.95. The highest BCUT2D eigenvalue weighted by atomic mass is 35.5. The molecule has 0 saturated heterocycles. The first-order chi connectivity index (χ1) is 12.4. The van der Waals surface area contributed by atoms with Crippen LogP contribution in [0.1, 0.15) is 37.0 Å². The average molecular weight is 370 g/mol. The number of amides is 1. The Balaban J connectivity index is 1.88. The van der Waals surface area contributed by atoms with Crippen molar-refractivity contribution in [3.8, 4) is 11.4 Å². The molecule has 0 atom stereocenters. The predicted molar refractivity (Wildman–Crippen MR) is 101 cm³/mol. The first-order valence-electron chi connectivity index (χ1n) is 8.31. The van der Waals surface area contributed by atoms with Gasteiger partial charge in [-0.3, -0.25) is 4.79 Å². The largest absolute Gasteiger partial charge is 0.337 e. The van der Waals surface area contributed by atoms with E-state index < -0.39 is 5.54 Å². The Morgan fingerprint density at radius 1 is 1.08 bits per heavy atom. The van der Waals surface area contributed by atoms with E-state index in [1.807, 2.05) is 51.1 Å². The second-order valence-corrected chi connectivity index (χ2v) is 7.33. The molecule has 5 nitrogen and oxygen atoms in total.